The van der Waals surface area contributed by atoms with Crippen molar-refractivity contribution in [2.24, 2.45) is 11.8 Å². The van der Waals surface area contributed by atoms with E-state index in [1.807, 2.05) is 12.1 Å². The second-order valence-corrected chi connectivity index (χ2v) is 14.5. The van der Waals surface area contributed by atoms with Crippen LogP contribution < -0.4 is 10.1 Å². The molecular weight excluding hydrogens is 583 g/mol. The quantitative estimate of drug-likeness (QED) is 0.214. The first-order valence-corrected chi connectivity index (χ1v) is 17.4. The van der Waals surface area contributed by atoms with E-state index in [1.165, 1.54) is 18.1 Å². The molecule has 0 radical (unpaired) electrons. The van der Waals surface area contributed by atoms with Crippen molar-refractivity contribution in [3.63, 3.8) is 0 Å². The molecule has 45 heavy (non-hydrogen) atoms. The highest BCUT2D eigenvalue weighted by atomic mass is 35.5. The maximum atomic E-state index is 15.3. The Morgan fingerprint density at radius 1 is 1.00 bits per heavy atom. The van der Waals surface area contributed by atoms with Crippen molar-refractivity contribution in [1.29, 1.82) is 0 Å². The van der Waals surface area contributed by atoms with Gasteiger partial charge in [-0.2, -0.15) is 0 Å². The Morgan fingerprint density at radius 2 is 1.73 bits per heavy atom. The molecule has 1 heterocycles. The minimum Gasteiger partial charge on any atom is -0.482 e. The van der Waals surface area contributed by atoms with Crippen molar-refractivity contribution in [3.05, 3.63) is 93.3 Å². The van der Waals surface area contributed by atoms with Crippen LogP contribution in [0.25, 0.3) is 0 Å². The standard InChI is InChI=1S/C39H48ClFN2O2/c1-25-8-5-13-33(38(25)45-39(4,31-11-7-12-31)34-16-15-32(40)23-35(34)41)28-18-20-43(21-19-28)24-27(3)42-36-17-14-30(22-26(36)2)37(44)29-9-6-10-29/h5,8,13-17,22-23,27-29,31,42H,6-7,9-12,18-21,24H2,1-4H3. The van der Waals surface area contributed by atoms with E-state index in [9.17, 15) is 4.79 Å². The molecule has 0 spiro atoms. The zero-order valence-electron chi connectivity index (χ0n) is 27.3. The average molecular weight is 631 g/mol. The van der Waals surface area contributed by atoms with E-state index in [0.717, 1.165) is 92.7 Å². The average Bonchev–Trinajstić information content (AvgIpc) is 2.93. The minimum atomic E-state index is -0.754. The van der Waals surface area contributed by atoms with Gasteiger partial charge in [-0.05, 0) is 132 Å². The van der Waals surface area contributed by atoms with Crippen LogP contribution in [0.2, 0.25) is 5.02 Å². The number of piperidine rings is 1. The Labute approximate surface area is 273 Å². The SMILES string of the molecule is Cc1cc(C(=O)C2CCC2)ccc1NC(C)CN1CCC(c2cccc(C)c2OC(C)(c2ccc(Cl)cc2F)C2CCC2)CC1. The maximum absolute atomic E-state index is 15.3. The van der Waals surface area contributed by atoms with Crippen molar-refractivity contribution in [2.45, 2.75) is 96.6 Å². The summed E-state index contributed by atoms with van der Waals surface area (Å²) in [6.07, 6.45) is 8.57. The predicted octanol–water partition coefficient (Wildman–Crippen LogP) is 9.85. The van der Waals surface area contributed by atoms with Gasteiger partial charge in [-0.25, -0.2) is 4.39 Å². The summed E-state index contributed by atoms with van der Waals surface area (Å²) in [5.41, 5.74) is 5.27. The van der Waals surface area contributed by atoms with Crippen molar-refractivity contribution >= 4 is 23.1 Å². The number of likely N-dealkylation sites (tertiary alicyclic amines) is 1. The van der Waals surface area contributed by atoms with Crippen LogP contribution in [0.4, 0.5) is 10.1 Å². The van der Waals surface area contributed by atoms with Gasteiger partial charge in [0, 0.05) is 46.3 Å². The van der Waals surface area contributed by atoms with Gasteiger partial charge < -0.3 is 15.0 Å². The largest absolute Gasteiger partial charge is 0.482 e. The number of rotatable bonds is 11. The molecule has 0 bridgehead atoms. The van der Waals surface area contributed by atoms with Gasteiger partial charge in [-0.1, -0.05) is 48.7 Å². The van der Waals surface area contributed by atoms with E-state index in [4.69, 9.17) is 16.3 Å². The van der Waals surface area contributed by atoms with E-state index in [-0.39, 0.29) is 23.7 Å². The van der Waals surface area contributed by atoms with Crippen molar-refractivity contribution in [3.8, 4) is 5.75 Å². The molecule has 3 aliphatic rings. The molecule has 3 aromatic rings. The number of Topliss-reactive ketones (excluding diaryl/α,β-unsaturated/α-hetero) is 1. The monoisotopic (exact) mass is 630 g/mol. The molecule has 2 aliphatic carbocycles. The van der Waals surface area contributed by atoms with E-state index >= 15 is 4.39 Å². The molecule has 2 atom stereocenters. The van der Waals surface area contributed by atoms with E-state index < -0.39 is 5.60 Å². The Hall–Kier alpha value is -2.89. The van der Waals surface area contributed by atoms with Crippen molar-refractivity contribution < 1.29 is 13.9 Å². The molecule has 1 aliphatic heterocycles. The Bertz CT molecular complexity index is 1530. The molecule has 4 nitrogen and oxygen atoms in total. The third-order valence-electron chi connectivity index (χ3n) is 10.9. The van der Waals surface area contributed by atoms with Gasteiger partial charge in [0.05, 0.1) is 0 Å². The predicted molar refractivity (Wildman–Crippen MR) is 182 cm³/mol. The van der Waals surface area contributed by atoms with Gasteiger partial charge >= 0.3 is 0 Å². The number of carbonyl (C=O) groups excluding carboxylic acids is 1. The first-order valence-electron chi connectivity index (χ1n) is 17.0. The summed E-state index contributed by atoms with van der Waals surface area (Å²) in [5, 5.41) is 4.11. The molecule has 240 valence electrons. The number of ketones is 1. The highest BCUT2D eigenvalue weighted by Crippen LogP contribution is 2.48. The number of para-hydroxylation sites is 1. The van der Waals surface area contributed by atoms with E-state index in [2.05, 4.69) is 68.2 Å². The molecule has 3 fully saturated rings. The van der Waals surface area contributed by atoms with Gasteiger partial charge in [0.15, 0.2) is 5.78 Å². The lowest BCUT2D eigenvalue weighted by Gasteiger charge is -2.44. The summed E-state index contributed by atoms with van der Waals surface area (Å²) >= 11 is 6.13. The number of carbonyl (C=O) groups is 1. The highest BCUT2D eigenvalue weighted by Gasteiger charge is 2.44. The number of aryl methyl sites for hydroxylation is 2. The summed E-state index contributed by atoms with van der Waals surface area (Å²) in [7, 11) is 0. The molecule has 6 rings (SSSR count). The summed E-state index contributed by atoms with van der Waals surface area (Å²) in [6, 6.07) is 17.9. The lowest BCUT2D eigenvalue weighted by Crippen LogP contribution is -2.43. The fourth-order valence-electron chi connectivity index (χ4n) is 7.57. The van der Waals surface area contributed by atoms with Gasteiger partial charge in [0.2, 0.25) is 0 Å². The van der Waals surface area contributed by atoms with Gasteiger partial charge in [0.25, 0.3) is 0 Å². The van der Waals surface area contributed by atoms with Crippen LogP contribution in [-0.4, -0.2) is 36.4 Å². The number of benzene rings is 3. The number of nitrogens with one attached hydrogen (secondary N) is 1. The first kappa shape index (κ1) is 32.1. The normalized spacial score (nSPS) is 20.1. The molecule has 6 heteroatoms. The van der Waals surface area contributed by atoms with Crippen LogP contribution in [0, 0.1) is 31.5 Å². The van der Waals surface area contributed by atoms with Crippen LogP contribution in [0.15, 0.2) is 54.6 Å². The van der Waals surface area contributed by atoms with Crippen molar-refractivity contribution in [1.82, 2.24) is 4.90 Å². The van der Waals surface area contributed by atoms with E-state index in [0.29, 0.717) is 22.3 Å². The van der Waals surface area contributed by atoms with Crippen LogP contribution in [-0.2, 0) is 5.60 Å². The third-order valence-corrected chi connectivity index (χ3v) is 11.1. The van der Waals surface area contributed by atoms with Gasteiger partial charge in [0.1, 0.15) is 17.2 Å². The molecule has 2 unspecified atom stereocenters. The number of ether oxygens (including phenoxy) is 1. The summed E-state index contributed by atoms with van der Waals surface area (Å²) in [6.45, 7) is 11.5. The van der Waals surface area contributed by atoms with Gasteiger partial charge in [-0.15, -0.1) is 0 Å². The summed E-state index contributed by atoms with van der Waals surface area (Å²) in [5.74, 6) is 1.81. The van der Waals surface area contributed by atoms with Crippen LogP contribution in [0.1, 0.15) is 104 Å². The Kier molecular flexibility index (Phi) is 9.59. The fourth-order valence-corrected chi connectivity index (χ4v) is 7.73. The molecule has 2 saturated carbocycles. The van der Waals surface area contributed by atoms with E-state index in [1.54, 1.807) is 6.07 Å². The fraction of sp³-hybridized carbons (Fsp3) is 0.513. The highest BCUT2D eigenvalue weighted by molar-refractivity contribution is 6.30. The minimum absolute atomic E-state index is 0.228. The van der Waals surface area contributed by atoms with Crippen molar-refractivity contribution in [2.75, 3.05) is 25.0 Å². The van der Waals surface area contributed by atoms with Gasteiger partial charge in [-0.3, -0.25) is 4.79 Å². The molecule has 3 aromatic carbocycles. The number of hydrogen-bond donors (Lipinski definition) is 1. The Morgan fingerprint density at radius 3 is 2.36 bits per heavy atom. The smallest absolute Gasteiger partial charge is 0.165 e. The van der Waals surface area contributed by atoms with Crippen LogP contribution in [0.3, 0.4) is 0 Å². The topological polar surface area (TPSA) is 41.6 Å². The molecule has 1 N–H and O–H groups in total. The second kappa shape index (κ2) is 13.5. The third kappa shape index (κ3) is 6.81. The van der Waals surface area contributed by atoms with Crippen LogP contribution >= 0.6 is 11.6 Å². The molecule has 0 aromatic heterocycles. The molecular formula is C39H48ClFN2O2. The molecule has 0 amide bonds. The number of nitrogens with zero attached hydrogens (tertiary/aromatic N) is 1. The number of halogens is 2. The second-order valence-electron chi connectivity index (χ2n) is 14.1. The summed E-state index contributed by atoms with van der Waals surface area (Å²) in [4.78, 5) is 15.2. The first-order chi connectivity index (χ1) is 21.6. The maximum Gasteiger partial charge on any atom is 0.165 e. The number of anilines is 1. The number of hydrogen-bond acceptors (Lipinski definition) is 4. The molecule has 1 saturated heterocycles. The zero-order chi connectivity index (χ0) is 31.7. The lowest BCUT2D eigenvalue weighted by molar-refractivity contribution is -0.0203. The summed E-state index contributed by atoms with van der Waals surface area (Å²) < 4.78 is 22.4. The Balaban J connectivity index is 1.10. The van der Waals surface area contributed by atoms with Crippen LogP contribution in [0.5, 0.6) is 5.75 Å². The zero-order valence-corrected chi connectivity index (χ0v) is 28.1. The lowest BCUT2D eigenvalue weighted by atomic mass is 9.70.